The summed E-state index contributed by atoms with van der Waals surface area (Å²) in [7, 11) is 1.86. The number of nitro benzene ring substituents is 1. The zero-order chi connectivity index (χ0) is 13.1. The van der Waals surface area contributed by atoms with Crippen LogP contribution in [0.2, 0.25) is 0 Å². The van der Waals surface area contributed by atoms with Crippen molar-refractivity contribution < 1.29 is 4.92 Å². The van der Waals surface area contributed by atoms with Crippen LogP contribution in [0.4, 0.5) is 11.4 Å². The van der Waals surface area contributed by atoms with E-state index in [1.54, 1.807) is 23.0 Å². The zero-order valence-electron chi connectivity index (χ0n) is 10.3. The van der Waals surface area contributed by atoms with Crippen molar-refractivity contribution in [3.63, 3.8) is 0 Å². The van der Waals surface area contributed by atoms with Crippen molar-refractivity contribution in [2.75, 3.05) is 5.32 Å². The number of rotatable bonds is 4. The first-order valence-electron chi connectivity index (χ1n) is 5.52. The van der Waals surface area contributed by atoms with Crippen LogP contribution < -0.4 is 5.32 Å². The van der Waals surface area contributed by atoms with Gasteiger partial charge < -0.3 is 5.32 Å². The molecule has 6 nitrogen and oxygen atoms in total. The molecule has 94 valence electrons. The van der Waals surface area contributed by atoms with Crippen molar-refractivity contribution in [1.29, 1.82) is 0 Å². The molecule has 0 spiro atoms. The first-order valence-corrected chi connectivity index (χ1v) is 5.52. The predicted molar refractivity (Wildman–Crippen MR) is 68.4 cm³/mol. The third-order valence-corrected chi connectivity index (χ3v) is 2.66. The standard InChI is InChI=1S/C12H14N4O2/c1-9-5-11(16(17)18)3-4-12(9)13-6-10-7-14-15(2)8-10/h3-5,7-8,13H,6H2,1-2H3. The Balaban J connectivity index is 2.08. The summed E-state index contributed by atoms with van der Waals surface area (Å²) in [6.07, 6.45) is 3.71. The first kappa shape index (κ1) is 12.1. The van der Waals surface area contributed by atoms with E-state index in [0.29, 0.717) is 6.54 Å². The second-order valence-electron chi connectivity index (χ2n) is 4.13. The molecule has 0 aliphatic heterocycles. The van der Waals surface area contributed by atoms with Crippen LogP contribution in [0.3, 0.4) is 0 Å². The molecule has 0 atom stereocenters. The van der Waals surface area contributed by atoms with Gasteiger partial charge in [-0.3, -0.25) is 14.8 Å². The van der Waals surface area contributed by atoms with Gasteiger partial charge >= 0.3 is 0 Å². The lowest BCUT2D eigenvalue weighted by Crippen LogP contribution is -2.00. The van der Waals surface area contributed by atoms with Crippen molar-refractivity contribution >= 4 is 11.4 Å². The van der Waals surface area contributed by atoms with Gasteiger partial charge in [-0.25, -0.2) is 0 Å². The monoisotopic (exact) mass is 246 g/mol. The third kappa shape index (κ3) is 2.65. The molecule has 18 heavy (non-hydrogen) atoms. The Kier molecular flexibility index (Phi) is 3.27. The summed E-state index contributed by atoms with van der Waals surface area (Å²) in [6, 6.07) is 4.79. The van der Waals surface area contributed by atoms with Crippen LogP contribution >= 0.6 is 0 Å². The van der Waals surface area contributed by atoms with Gasteiger partial charge in [-0.1, -0.05) is 0 Å². The highest BCUT2D eigenvalue weighted by Gasteiger charge is 2.07. The van der Waals surface area contributed by atoms with E-state index < -0.39 is 4.92 Å². The Morgan fingerprint density at radius 1 is 1.50 bits per heavy atom. The molecule has 2 rings (SSSR count). The van der Waals surface area contributed by atoms with Gasteiger partial charge in [0.1, 0.15) is 0 Å². The van der Waals surface area contributed by atoms with E-state index in [-0.39, 0.29) is 5.69 Å². The summed E-state index contributed by atoms with van der Waals surface area (Å²) in [5.41, 5.74) is 2.92. The fourth-order valence-corrected chi connectivity index (χ4v) is 1.72. The number of aromatic nitrogens is 2. The largest absolute Gasteiger partial charge is 0.381 e. The van der Waals surface area contributed by atoms with Crippen LogP contribution in [0.25, 0.3) is 0 Å². The molecule has 1 N–H and O–H groups in total. The van der Waals surface area contributed by atoms with Gasteiger partial charge in [0.25, 0.3) is 5.69 Å². The molecule has 0 unspecified atom stereocenters. The Bertz CT molecular complexity index is 577. The van der Waals surface area contributed by atoms with Crippen LogP contribution in [-0.2, 0) is 13.6 Å². The van der Waals surface area contributed by atoms with Gasteiger partial charge in [0, 0.05) is 43.2 Å². The van der Waals surface area contributed by atoms with E-state index in [2.05, 4.69) is 10.4 Å². The number of non-ortho nitro benzene ring substituents is 1. The Hall–Kier alpha value is -2.37. The van der Waals surface area contributed by atoms with E-state index in [1.807, 2.05) is 20.2 Å². The molecular formula is C12H14N4O2. The second kappa shape index (κ2) is 4.87. The summed E-state index contributed by atoms with van der Waals surface area (Å²) in [6.45, 7) is 2.49. The van der Waals surface area contributed by atoms with Crippen molar-refractivity contribution in [2.45, 2.75) is 13.5 Å². The average molecular weight is 246 g/mol. The Labute approximate surface area is 104 Å². The average Bonchev–Trinajstić information content (AvgIpc) is 2.73. The van der Waals surface area contributed by atoms with Crippen molar-refractivity contribution in [3.05, 3.63) is 51.8 Å². The number of hydrogen-bond donors (Lipinski definition) is 1. The maximum atomic E-state index is 10.6. The minimum Gasteiger partial charge on any atom is -0.381 e. The number of benzene rings is 1. The van der Waals surface area contributed by atoms with Gasteiger partial charge in [0.15, 0.2) is 0 Å². The SMILES string of the molecule is Cc1cc([N+](=O)[O-])ccc1NCc1cnn(C)c1. The summed E-state index contributed by atoms with van der Waals surface area (Å²) in [5.74, 6) is 0. The quantitative estimate of drug-likeness (QED) is 0.663. The number of nitrogens with one attached hydrogen (secondary N) is 1. The van der Waals surface area contributed by atoms with E-state index in [9.17, 15) is 10.1 Å². The molecule has 0 fully saturated rings. The highest BCUT2D eigenvalue weighted by molar-refractivity contribution is 5.55. The van der Waals surface area contributed by atoms with E-state index >= 15 is 0 Å². The lowest BCUT2D eigenvalue weighted by Gasteiger charge is -2.07. The lowest BCUT2D eigenvalue weighted by atomic mass is 10.1. The lowest BCUT2D eigenvalue weighted by molar-refractivity contribution is -0.384. The summed E-state index contributed by atoms with van der Waals surface area (Å²) < 4.78 is 1.74. The van der Waals surface area contributed by atoms with Gasteiger partial charge in [-0.2, -0.15) is 5.10 Å². The van der Waals surface area contributed by atoms with Crippen molar-refractivity contribution in [3.8, 4) is 0 Å². The Morgan fingerprint density at radius 2 is 2.28 bits per heavy atom. The summed E-state index contributed by atoms with van der Waals surface area (Å²) in [5, 5.41) is 17.9. The molecule has 0 saturated carbocycles. The smallest absolute Gasteiger partial charge is 0.269 e. The molecule has 6 heteroatoms. The topological polar surface area (TPSA) is 73.0 Å². The van der Waals surface area contributed by atoms with Crippen LogP contribution in [0.1, 0.15) is 11.1 Å². The number of nitrogens with zero attached hydrogens (tertiary/aromatic N) is 3. The second-order valence-corrected chi connectivity index (χ2v) is 4.13. The third-order valence-electron chi connectivity index (χ3n) is 2.66. The zero-order valence-corrected chi connectivity index (χ0v) is 10.3. The molecule has 1 aromatic carbocycles. The molecule has 0 radical (unpaired) electrons. The van der Waals surface area contributed by atoms with E-state index in [1.165, 1.54) is 6.07 Å². The van der Waals surface area contributed by atoms with Crippen molar-refractivity contribution in [1.82, 2.24) is 9.78 Å². The maximum Gasteiger partial charge on any atom is 0.269 e. The Morgan fingerprint density at radius 3 is 2.83 bits per heavy atom. The molecule has 0 aliphatic carbocycles. The van der Waals surface area contributed by atoms with Gasteiger partial charge in [0.05, 0.1) is 11.1 Å². The van der Waals surface area contributed by atoms with Crippen molar-refractivity contribution in [2.24, 2.45) is 7.05 Å². The van der Waals surface area contributed by atoms with E-state index in [4.69, 9.17) is 0 Å². The molecule has 1 aromatic heterocycles. The first-order chi connectivity index (χ1) is 8.56. The number of hydrogen-bond acceptors (Lipinski definition) is 4. The summed E-state index contributed by atoms with van der Waals surface area (Å²) in [4.78, 5) is 10.2. The molecule has 0 amide bonds. The maximum absolute atomic E-state index is 10.6. The van der Waals surface area contributed by atoms with Gasteiger partial charge in [-0.15, -0.1) is 0 Å². The molecule has 1 heterocycles. The van der Waals surface area contributed by atoms with Gasteiger partial charge in [-0.05, 0) is 18.6 Å². The molecule has 0 saturated heterocycles. The van der Waals surface area contributed by atoms with Crippen LogP contribution in [0.5, 0.6) is 0 Å². The van der Waals surface area contributed by atoms with Gasteiger partial charge in [0.2, 0.25) is 0 Å². The number of nitro groups is 1. The highest BCUT2D eigenvalue weighted by atomic mass is 16.6. The molecule has 0 aliphatic rings. The molecule has 0 bridgehead atoms. The van der Waals surface area contributed by atoms with Crippen LogP contribution in [-0.4, -0.2) is 14.7 Å². The normalized spacial score (nSPS) is 10.3. The molecule has 2 aromatic rings. The summed E-state index contributed by atoms with van der Waals surface area (Å²) >= 11 is 0. The predicted octanol–water partition coefficient (Wildman–Crippen LogP) is 2.25. The molecular weight excluding hydrogens is 232 g/mol. The highest BCUT2D eigenvalue weighted by Crippen LogP contribution is 2.21. The minimum atomic E-state index is -0.391. The fraction of sp³-hybridized carbons (Fsp3) is 0.250. The minimum absolute atomic E-state index is 0.111. The van der Waals surface area contributed by atoms with E-state index in [0.717, 1.165) is 16.8 Å². The fourth-order valence-electron chi connectivity index (χ4n) is 1.72. The van der Waals surface area contributed by atoms with Crippen LogP contribution in [0.15, 0.2) is 30.6 Å². The number of aryl methyl sites for hydroxylation is 2. The van der Waals surface area contributed by atoms with Crippen LogP contribution in [0, 0.1) is 17.0 Å². The number of anilines is 1.